The molecular weight excluding hydrogens is 208 g/mol. The van der Waals surface area contributed by atoms with Crippen molar-refractivity contribution in [1.82, 2.24) is 5.32 Å². The highest BCUT2D eigenvalue weighted by atomic mass is 15.0. The highest BCUT2D eigenvalue weighted by molar-refractivity contribution is 5.78. The number of para-hydroxylation sites is 1. The fourth-order valence-electron chi connectivity index (χ4n) is 2.08. The van der Waals surface area contributed by atoms with Gasteiger partial charge in [-0.3, -0.25) is 0 Å². The molecule has 0 atom stereocenters. The van der Waals surface area contributed by atoms with Crippen molar-refractivity contribution >= 4 is 18.1 Å². The van der Waals surface area contributed by atoms with Crippen LogP contribution < -0.4 is 5.32 Å². The maximum Gasteiger partial charge on any atom is 0.0930 e. The normalized spacial score (nSPS) is 17.6. The summed E-state index contributed by atoms with van der Waals surface area (Å²) < 4.78 is 0. The average molecular weight is 222 g/mol. The summed E-state index contributed by atoms with van der Waals surface area (Å²) in [4.78, 5) is 4.39. The Bertz CT molecular complexity index is 548. The number of nitrogens with zero attached hydrogens (tertiary/aromatic N) is 1. The predicted molar refractivity (Wildman–Crippen MR) is 72.2 cm³/mol. The molecule has 1 aliphatic carbocycles. The van der Waals surface area contributed by atoms with Gasteiger partial charge in [0.2, 0.25) is 0 Å². The quantitative estimate of drug-likeness (QED) is 0.771. The molecule has 1 N–H and O–H groups in total. The molecule has 0 saturated heterocycles. The van der Waals surface area contributed by atoms with Crippen LogP contribution in [0.25, 0.3) is 6.08 Å². The number of allylic oxidation sites excluding steroid dienone is 3. The summed E-state index contributed by atoms with van der Waals surface area (Å²) in [5, 5.41) is 3.25. The smallest absolute Gasteiger partial charge is 0.0930 e. The molecule has 0 amide bonds. The molecule has 1 aromatic rings. The average Bonchev–Trinajstić information content (AvgIpc) is 2.62. The zero-order chi connectivity index (χ0) is 11.5. The van der Waals surface area contributed by atoms with Crippen LogP contribution in [0.3, 0.4) is 0 Å². The molecule has 2 nitrogen and oxygen atoms in total. The summed E-state index contributed by atoms with van der Waals surface area (Å²) in [5.41, 5.74) is 4.54. The van der Waals surface area contributed by atoms with Crippen LogP contribution in [0, 0.1) is 0 Å². The molecule has 0 saturated carbocycles. The third kappa shape index (κ3) is 2.07. The lowest BCUT2D eigenvalue weighted by Crippen LogP contribution is -2.11. The van der Waals surface area contributed by atoms with Crippen LogP contribution in [0.15, 0.2) is 58.8 Å². The summed E-state index contributed by atoms with van der Waals surface area (Å²) >= 11 is 0. The van der Waals surface area contributed by atoms with Gasteiger partial charge in [-0.1, -0.05) is 36.4 Å². The van der Waals surface area contributed by atoms with Gasteiger partial charge in [-0.2, -0.15) is 0 Å². The number of aliphatic imine (C=N–C) groups is 1. The number of fused-ring (bicyclic) bond motifs is 1. The van der Waals surface area contributed by atoms with Crippen molar-refractivity contribution in [3.63, 3.8) is 0 Å². The van der Waals surface area contributed by atoms with Crippen LogP contribution >= 0.6 is 0 Å². The Morgan fingerprint density at radius 2 is 2.06 bits per heavy atom. The van der Waals surface area contributed by atoms with Gasteiger partial charge >= 0.3 is 0 Å². The number of benzene rings is 1. The van der Waals surface area contributed by atoms with Crippen LogP contribution in [-0.2, 0) is 0 Å². The second-order valence-electron chi connectivity index (χ2n) is 4.16. The zero-order valence-electron chi connectivity index (χ0n) is 9.56. The van der Waals surface area contributed by atoms with Crippen molar-refractivity contribution in [2.75, 3.05) is 0 Å². The van der Waals surface area contributed by atoms with Crippen LogP contribution in [0.5, 0.6) is 0 Å². The van der Waals surface area contributed by atoms with Crippen molar-refractivity contribution in [2.45, 2.75) is 12.8 Å². The molecule has 2 aliphatic rings. The monoisotopic (exact) mass is 222 g/mol. The second kappa shape index (κ2) is 4.42. The summed E-state index contributed by atoms with van der Waals surface area (Å²) in [6.07, 6.45) is 12.8. The lowest BCUT2D eigenvalue weighted by atomic mass is 10.0. The Morgan fingerprint density at radius 3 is 2.94 bits per heavy atom. The first-order chi connectivity index (χ1) is 8.43. The molecule has 0 unspecified atom stereocenters. The van der Waals surface area contributed by atoms with Gasteiger partial charge in [0, 0.05) is 11.3 Å². The van der Waals surface area contributed by atoms with E-state index >= 15 is 0 Å². The van der Waals surface area contributed by atoms with E-state index in [-0.39, 0.29) is 0 Å². The fourth-order valence-corrected chi connectivity index (χ4v) is 2.08. The van der Waals surface area contributed by atoms with Crippen LogP contribution in [0.2, 0.25) is 0 Å². The van der Waals surface area contributed by atoms with Crippen molar-refractivity contribution in [1.29, 1.82) is 0 Å². The van der Waals surface area contributed by atoms with E-state index in [9.17, 15) is 0 Å². The number of nitrogens with one attached hydrogen (secondary N) is 1. The molecule has 0 aromatic heterocycles. The summed E-state index contributed by atoms with van der Waals surface area (Å²) in [6, 6.07) is 8.17. The van der Waals surface area contributed by atoms with E-state index in [2.05, 4.69) is 40.7 Å². The maximum absolute atomic E-state index is 4.39. The van der Waals surface area contributed by atoms with Gasteiger partial charge in [0.05, 0.1) is 12.0 Å². The lowest BCUT2D eigenvalue weighted by Gasteiger charge is -2.10. The second-order valence-corrected chi connectivity index (χ2v) is 4.16. The third-order valence-electron chi connectivity index (χ3n) is 2.97. The minimum atomic E-state index is 1.01. The van der Waals surface area contributed by atoms with Crippen molar-refractivity contribution < 1.29 is 0 Å². The van der Waals surface area contributed by atoms with Crippen LogP contribution in [0.1, 0.15) is 18.4 Å². The van der Waals surface area contributed by atoms with Gasteiger partial charge in [0.25, 0.3) is 0 Å². The first-order valence-corrected chi connectivity index (χ1v) is 5.90. The molecule has 1 aliphatic heterocycles. The summed E-state index contributed by atoms with van der Waals surface area (Å²) in [5.74, 6) is 0. The molecule has 84 valence electrons. The minimum Gasteiger partial charge on any atom is -0.346 e. The van der Waals surface area contributed by atoms with Gasteiger partial charge in [-0.05, 0) is 30.6 Å². The van der Waals surface area contributed by atoms with E-state index in [0.717, 1.165) is 29.8 Å². The van der Waals surface area contributed by atoms with Gasteiger partial charge in [-0.25, -0.2) is 4.99 Å². The molecule has 2 heteroatoms. The third-order valence-corrected chi connectivity index (χ3v) is 2.97. The fraction of sp³-hybridized carbons (Fsp3) is 0.133. The Hall–Kier alpha value is -2.09. The van der Waals surface area contributed by atoms with E-state index in [1.165, 1.54) is 5.57 Å². The largest absolute Gasteiger partial charge is 0.346 e. The first-order valence-electron chi connectivity index (χ1n) is 5.90. The van der Waals surface area contributed by atoms with E-state index in [1.54, 1.807) is 6.34 Å². The predicted octanol–water partition coefficient (Wildman–Crippen LogP) is 3.57. The first kappa shape index (κ1) is 10.1. The van der Waals surface area contributed by atoms with Gasteiger partial charge < -0.3 is 5.32 Å². The summed E-state index contributed by atoms with van der Waals surface area (Å²) in [6.45, 7) is 0. The molecular formula is C15H14N2. The van der Waals surface area contributed by atoms with Crippen molar-refractivity contribution in [3.8, 4) is 0 Å². The number of hydrogen-bond acceptors (Lipinski definition) is 2. The Balaban J connectivity index is 2.03. The molecule has 0 fully saturated rings. The van der Waals surface area contributed by atoms with Crippen molar-refractivity contribution in [3.05, 3.63) is 59.3 Å². The molecule has 0 spiro atoms. The minimum absolute atomic E-state index is 1.01. The van der Waals surface area contributed by atoms with Crippen LogP contribution in [-0.4, -0.2) is 6.34 Å². The highest BCUT2D eigenvalue weighted by Gasteiger charge is 2.08. The number of hydrogen-bond donors (Lipinski definition) is 1. The molecule has 0 radical (unpaired) electrons. The molecule has 1 aromatic carbocycles. The zero-order valence-corrected chi connectivity index (χ0v) is 9.56. The molecule has 1 heterocycles. The van der Waals surface area contributed by atoms with E-state index in [4.69, 9.17) is 0 Å². The van der Waals surface area contributed by atoms with E-state index in [1.807, 2.05) is 18.2 Å². The Kier molecular flexibility index (Phi) is 2.62. The van der Waals surface area contributed by atoms with Crippen LogP contribution in [0.4, 0.5) is 5.69 Å². The van der Waals surface area contributed by atoms with Gasteiger partial charge in [-0.15, -0.1) is 0 Å². The molecule has 3 rings (SSSR count). The molecule has 17 heavy (non-hydrogen) atoms. The maximum atomic E-state index is 4.39. The van der Waals surface area contributed by atoms with Gasteiger partial charge in [0.1, 0.15) is 0 Å². The Morgan fingerprint density at radius 1 is 1.12 bits per heavy atom. The van der Waals surface area contributed by atoms with Crippen molar-refractivity contribution in [2.24, 2.45) is 4.99 Å². The topological polar surface area (TPSA) is 24.4 Å². The standard InChI is InChI=1S/C15H14N2/c1-2-6-12(7-3-1)15-10-13-8-4-5-9-14(13)16-11-17-15/h2,4-11H,1,3H2,(H,16,17). The SMILES string of the molecule is C1=CC(C2=Cc3ccccc3N=CN2)=CCC1. The Labute approximate surface area is 101 Å². The summed E-state index contributed by atoms with van der Waals surface area (Å²) in [7, 11) is 0. The highest BCUT2D eigenvalue weighted by Crippen LogP contribution is 2.25. The number of rotatable bonds is 1. The van der Waals surface area contributed by atoms with Gasteiger partial charge in [0.15, 0.2) is 0 Å². The van der Waals surface area contributed by atoms with E-state index in [0.29, 0.717) is 0 Å². The molecule has 0 bridgehead atoms. The van der Waals surface area contributed by atoms with E-state index < -0.39 is 0 Å². The lowest BCUT2D eigenvalue weighted by molar-refractivity contribution is 1.01.